The van der Waals surface area contributed by atoms with E-state index in [1.165, 1.54) is 44.1 Å². The Morgan fingerprint density at radius 2 is 1.00 bits per heavy atom. The van der Waals surface area contributed by atoms with Gasteiger partial charge >= 0.3 is 0 Å². The van der Waals surface area contributed by atoms with Gasteiger partial charge in [0.25, 0.3) is 0 Å². The molecule has 59 heavy (non-hydrogen) atoms. The predicted octanol–water partition coefficient (Wildman–Crippen LogP) is 15.8. The summed E-state index contributed by atoms with van der Waals surface area (Å²) in [6.07, 6.45) is 0. The van der Waals surface area contributed by atoms with Crippen LogP contribution >= 0.6 is 0 Å². The Labute approximate surface area is 343 Å². The molecule has 0 bridgehead atoms. The quantitative estimate of drug-likeness (QED) is 0.161. The summed E-state index contributed by atoms with van der Waals surface area (Å²) in [5.74, 6) is 0. The number of hydrogen-bond acceptors (Lipinski definition) is 2. The van der Waals surface area contributed by atoms with Crippen molar-refractivity contribution in [2.75, 3.05) is 4.90 Å². The number of benzene rings is 9. The van der Waals surface area contributed by atoms with Gasteiger partial charge in [0.2, 0.25) is 0 Å². The molecule has 11 aromatic rings. The Balaban J connectivity index is 1.24. The van der Waals surface area contributed by atoms with Gasteiger partial charge in [0.15, 0.2) is 0 Å². The van der Waals surface area contributed by atoms with Crippen LogP contribution < -0.4 is 4.90 Å². The molecule has 0 aliphatic rings. The lowest BCUT2D eigenvalue weighted by Crippen LogP contribution is -2.13. The highest BCUT2D eigenvalue weighted by molar-refractivity contribution is 6.14. The molecule has 9 aromatic carbocycles. The molecule has 0 aliphatic carbocycles. The van der Waals surface area contributed by atoms with Crippen LogP contribution in [0.4, 0.5) is 17.1 Å². The second kappa shape index (κ2) is 14.1. The molecule has 0 atom stereocenters. The zero-order chi connectivity index (χ0) is 39.5. The number of hydrogen-bond donors (Lipinski definition) is 0. The van der Waals surface area contributed by atoms with Crippen LogP contribution in [0.3, 0.4) is 0 Å². The lowest BCUT2D eigenvalue weighted by molar-refractivity contribution is 0.670. The van der Waals surface area contributed by atoms with Gasteiger partial charge in [0, 0.05) is 49.6 Å². The maximum absolute atomic E-state index is 6.90. The highest BCUT2D eigenvalue weighted by Gasteiger charge is 2.25. The Morgan fingerprint density at radius 1 is 0.407 bits per heavy atom. The molecule has 3 nitrogen and oxygen atoms in total. The van der Waals surface area contributed by atoms with Crippen molar-refractivity contribution in [2.45, 2.75) is 13.8 Å². The van der Waals surface area contributed by atoms with E-state index in [4.69, 9.17) is 4.42 Å². The summed E-state index contributed by atoms with van der Waals surface area (Å²) in [5.41, 5.74) is 17.6. The molecule has 11 rings (SSSR count). The highest BCUT2D eigenvalue weighted by Crippen LogP contribution is 2.49. The maximum atomic E-state index is 6.90. The standard InChI is InChI=1S/C56H40N2O/c1-37-29-31-42(32-30-37)57(55-38(2)33-41(39-17-5-3-6-18-39)34-48(55)40-19-7-4-8-20-40)43-35-49(56-50(36-43)47-24-12-16-28-54(47)59-56)46-23-11-15-27-53(46)58-51-25-13-9-21-44(51)45-22-10-14-26-52(45)58/h3-36H,1-2H3. The normalized spacial score (nSPS) is 11.6. The van der Waals surface area contributed by atoms with Crippen molar-refractivity contribution in [1.29, 1.82) is 0 Å². The van der Waals surface area contributed by atoms with E-state index in [1.807, 2.05) is 0 Å². The summed E-state index contributed by atoms with van der Waals surface area (Å²) < 4.78 is 9.32. The molecule has 2 aromatic heterocycles. The molecular formula is C56H40N2O. The molecule has 3 heteroatoms. The average Bonchev–Trinajstić information content (AvgIpc) is 3.84. The number of fused-ring (bicyclic) bond motifs is 6. The first-order valence-electron chi connectivity index (χ1n) is 20.3. The zero-order valence-corrected chi connectivity index (χ0v) is 32.9. The van der Waals surface area contributed by atoms with Gasteiger partial charge in [0.05, 0.1) is 22.4 Å². The molecule has 0 N–H and O–H groups in total. The average molecular weight is 757 g/mol. The fraction of sp³-hybridized carbons (Fsp3) is 0.0357. The number of aromatic nitrogens is 1. The van der Waals surface area contributed by atoms with Crippen molar-refractivity contribution in [1.82, 2.24) is 4.57 Å². The van der Waals surface area contributed by atoms with Crippen LogP contribution in [0.5, 0.6) is 0 Å². The van der Waals surface area contributed by atoms with Crippen LogP contribution in [-0.2, 0) is 0 Å². The van der Waals surface area contributed by atoms with Crippen LogP contribution in [-0.4, -0.2) is 4.57 Å². The van der Waals surface area contributed by atoms with Crippen molar-refractivity contribution < 1.29 is 4.42 Å². The highest BCUT2D eigenvalue weighted by atomic mass is 16.3. The Kier molecular flexibility index (Phi) is 8.27. The van der Waals surface area contributed by atoms with E-state index in [-0.39, 0.29) is 0 Å². The summed E-state index contributed by atoms with van der Waals surface area (Å²) >= 11 is 0. The summed E-state index contributed by atoms with van der Waals surface area (Å²) in [6.45, 7) is 4.40. The van der Waals surface area contributed by atoms with Crippen LogP contribution in [0.15, 0.2) is 211 Å². The van der Waals surface area contributed by atoms with Crippen molar-refractivity contribution in [2.24, 2.45) is 0 Å². The summed E-state index contributed by atoms with van der Waals surface area (Å²) in [6, 6.07) is 74.4. The van der Waals surface area contributed by atoms with Gasteiger partial charge < -0.3 is 13.9 Å². The molecule has 0 aliphatic heterocycles. The molecule has 2 heterocycles. The third kappa shape index (κ3) is 5.82. The fourth-order valence-electron chi connectivity index (χ4n) is 9.03. The summed E-state index contributed by atoms with van der Waals surface area (Å²) in [7, 11) is 0. The number of nitrogens with zero attached hydrogens (tertiary/aromatic N) is 2. The van der Waals surface area contributed by atoms with Gasteiger partial charge in [-0.1, -0.05) is 151 Å². The SMILES string of the molecule is Cc1ccc(N(c2cc(-c3ccccc3-n3c4ccccc4c4ccccc43)c3oc4ccccc4c3c2)c2c(C)cc(-c3ccccc3)cc2-c2ccccc2)cc1. The number of anilines is 3. The Bertz CT molecular complexity index is 3280. The molecule has 280 valence electrons. The van der Waals surface area contributed by atoms with Crippen LogP contribution in [0, 0.1) is 13.8 Å². The van der Waals surface area contributed by atoms with Gasteiger partial charge in [-0.15, -0.1) is 0 Å². The van der Waals surface area contributed by atoms with Crippen molar-refractivity contribution in [3.63, 3.8) is 0 Å². The minimum Gasteiger partial charge on any atom is -0.455 e. The van der Waals surface area contributed by atoms with Crippen LogP contribution in [0.2, 0.25) is 0 Å². The lowest BCUT2D eigenvalue weighted by atomic mass is 9.92. The second-order valence-corrected chi connectivity index (χ2v) is 15.4. The third-order valence-electron chi connectivity index (χ3n) is 11.7. The second-order valence-electron chi connectivity index (χ2n) is 15.4. The third-order valence-corrected chi connectivity index (χ3v) is 11.7. The first-order chi connectivity index (χ1) is 29.1. The van der Waals surface area contributed by atoms with E-state index in [1.54, 1.807) is 0 Å². The van der Waals surface area contributed by atoms with E-state index >= 15 is 0 Å². The van der Waals surface area contributed by atoms with E-state index in [0.29, 0.717) is 0 Å². The molecule has 0 saturated carbocycles. The Hall–Kier alpha value is -7.62. The molecular weight excluding hydrogens is 717 g/mol. The minimum atomic E-state index is 0.866. The van der Waals surface area contributed by atoms with Gasteiger partial charge in [0.1, 0.15) is 11.2 Å². The van der Waals surface area contributed by atoms with Crippen molar-refractivity contribution >= 4 is 60.8 Å². The lowest BCUT2D eigenvalue weighted by Gasteiger charge is -2.31. The molecule has 0 unspecified atom stereocenters. The topological polar surface area (TPSA) is 21.3 Å². The first-order valence-corrected chi connectivity index (χ1v) is 20.3. The molecule has 0 fully saturated rings. The number of furan rings is 1. The van der Waals surface area contributed by atoms with Gasteiger partial charge in [-0.3, -0.25) is 0 Å². The Morgan fingerprint density at radius 3 is 1.71 bits per heavy atom. The molecule has 0 radical (unpaired) electrons. The number of aryl methyl sites for hydroxylation is 2. The van der Waals surface area contributed by atoms with Crippen molar-refractivity contribution in [3.8, 4) is 39.1 Å². The first kappa shape index (κ1) is 34.6. The predicted molar refractivity (Wildman–Crippen MR) is 249 cm³/mol. The minimum absolute atomic E-state index is 0.866. The van der Waals surface area contributed by atoms with E-state index in [9.17, 15) is 0 Å². The molecule has 0 saturated heterocycles. The fourth-order valence-corrected chi connectivity index (χ4v) is 9.03. The monoisotopic (exact) mass is 756 g/mol. The van der Waals surface area contributed by atoms with Crippen LogP contribution in [0.1, 0.15) is 11.1 Å². The van der Waals surface area contributed by atoms with Gasteiger partial charge in [-0.05, 0) is 96.8 Å². The molecule has 0 amide bonds. The summed E-state index contributed by atoms with van der Waals surface area (Å²) in [4.78, 5) is 2.46. The maximum Gasteiger partial charge on any atom is 0.143 e. The largest absolute Gasteiger partial charge is 0.455 e. The number of para-hydroxylation sites is 4. The molecule has 0 spiro atoms. The van der Waals surface area contributed by atoms with Crippen molar-refractivity contribution in [3.05, 3.63) is 217 Å². The smallest absolute Gasteiger partial charge is 0.143 e. The summed E-state index contributed by atoms with van der Waals surface area (Å²) in [5, 5.41) is 4.62. The van der Waals surface area contributed by atoms with Gasteiger partial charge in [-0.2, -0.15) is 0 Å². The van der Waals surface area contributed by atoms with Crippen LogP contribution in [0.25, 0.3) is 82.8 Å². The number of rotatable bonds is 7. The zero-order valence-electron chi connectivity index (χ0n) is 32.9. The van der Waals surface area contributed by atoms with E-state index in [2.05, 4.69) is 230 Å². The van der Waals surface area contributed by atoms with Gasteiger partial charge in [-0.25, -0.2) is 0 Å². The van der Waals surface area contributed by atoms with E-state index in [0.717, 1.165) is 66.9 Å². The van der Waals surface area contributed by atoms with E-state index < -0.39 is 0 Å².